The molecule has 0 fully saturated rings. The van der Waals surface area contributed by atoms with Crippen molar-refractivity contribution in [2.45, 2.75) is 19.4 Å². The zero-order valence-electron chi connectivity index (χ0n) is 16.5. The van der Waals surface area contributed by atoms with E-state index in [0.29, 0.717) is 29.4 Å². The molecule has 152 valence electrons. The van der Waals surface area contributed by atoms with Gasteiger partial charge in [-0.2, -0.15) is 0 Å². The Balaban J connectivity index is 1.85. The third-order valence-electron chi connectivity index (χ3n) is 4.34. The van der Waals surface area contributed by atoms with Crippen LogP contribution < -0.4 is 24.8 Å². The minimum absolute atomic E-state index is 0.0874. The maximum Gasteiger partial charge on any atom is 0.258 e. The van der Waals surface area contributed by atoms with E-state index < -0.39 is 11.9 Å². The van der Waals surface area contributed by atoms with Crippen molar-refractivity contribution in [3.8, 4) is 17.2 Å². The molecule has 3 rings (SSSR count). The zero-order valence-corrected chi connectivity index (χ0v) is 16.5. The van der Waals surface area contributed by atoms with Crippen molar-refractivity contribution in [2.75, 3.05) is 20.8 Å². The molecule has 0 radical (unpaired) electrons. The third kappa shape index (κ3) is 4.84. The van der Waals surface area contributed by atoms with E-state index in [-0.39, 0.29) is 18.3 Å². The fourth-order valence-corrected chi connectivity index (χ4v) is 3.00. The van der Waals surface area contributed by atoms with Crippen molar-refractivity contribution in [3.05, 3.63) is 53.6 Å². The fraction of sp³-hybridized carbons (Fsp3) is 0.286. The number of para-hydroxylation sites is 1. The molecule has 1 heterocycles. The number of benzene rings is 2. The van der Waals surface area contributed by atoms with Crippen LogP contribution in [0, 0.1) is 0 Å². The molecule has 0 saturated carbocycles. The summed E-state index contributed by atoms with van der Waals surface area (Å²) in [6.45, 7) is 2.39. The van der Waals surface area contributed by atoms with E-state index in [9.17, 15) is 9.59 Å². The van der Waals surface area contributed by atoms with Crippen molar-refractivity contribution in [1.82, 2.24) is 10.6 Å². The Morgan fingerprint density at radius 3 is 2.52 bits per heavy atom. The van der Waals surface area contributed by atoms with Gasteiger partial charge in [-0.3, -0.25) is 20.2 Å². The monoisotopic (exact) mass is 397 g/mol. The molecular formula is C21H23N3O5. The Kier molecular flexibility index (Phi) is 6.33. The smallest absolute Gasteiger partial charge is 0.258 e. The topological polar surface area (TPSA) is 98.3 Å². The predicted molar refractivity (Wildman–Crippen MR) is 108 cm³/mol. The minimum atomic E-state index is -0.457. The molecule has 0 unspecified atom stereocenters. The standard InChI is InChI=1S/C21H23N3O5/c1-4-29-18-8-6-5-7-16(18)17-12-19(25)23-21(22-17)24-20(26)13-9-14(27-2)11-15(10-13)28-3/h5-11,17H,4,12H2,1-3H3,(H2,22,23,24,25,26)/t17-/m0/s1. The van der Waals surface area contributed by atoms with Crippen LogP contribution in [-0.2, 0) is 4.79 Å². The molecular weight excluding hydrogens is 374 g/mol. The quantitative estimate of drug-likeness (QED) is 0.780. The van der Waals surface area contributed by atoms with Crippen LogP contribution in [0.25, 0.3) is 0 Å². The molecule has 0 bridgehead atoms. The van der Waals surface area contributed by atoms with E-state index in [0.717, 1.165) is 5.56 Å². The molecule has 2 amide bonds. The average molecular weight is 397 g/mol. The second-order valence-corrected chi connectivity index (χ2v) is 6.27. The van der Waals surface area contributed by atoms with Crippen molar-refractivity contribution in [2.24, 2.45) is 4.99 Å². The molecule has 0 spiro atoms. The predicted octanol–water partition coefficient (Wildman–Crippen LogP) is 2.45. The lowest BCUT2D eigenvalue weighted by Gasteiger charge is -2.23. The van der Waals surface area contributed by atoms with E-state index in [1.54, 1.807) is 18.2 Å². The molecule has 29 heavy (non-hydrogen) atoms. The van der Waals surface area contributed by atoms with Crippen LogP contribution in [0.2, 0.25) is 0 Å². The first-order chi connectivity index (χ1) is 14.0. The summed E-state index contributed by atoms with van der Waals surface area (Å²) in [6.07, 6.45) is 0.163. The van der Waals surface area contributed by atoms with Gasteiger partial charge in [0.1, 0.15) is 17.2 Å². The van der Waals surface area contributed by atoms with Crippen LogP contribution in [0.1, 0.15) is 35.3 Å². The lowest BCUT2D eigenvalue weighted by atomic mass is 10.0. The molecule has 2 aromatic carbocycles. The van der Waals surface area contributed by atoms with E-state index >= 15 is 0 Å². The van der Waals surface area contributed by atoms with E-state index in [1.165, 1.54) is 14.2 Å². The number of nitrogens with zero attached hydrogens (tertiary/aromatic N) is 1. The molecule has 2 N–H and O–H groups in total. The van der Waals surface area contributed by atoms with Gasteiger partial charge in [-0.25, -0.2) is 4.99 Å². The SMILES string of the molecule is CCOc1ccccc1[C@@H]1CC(=O)NC(NC(=O)c2cc(OC)cc(OC)c2)=N1. The first kappa shape index (κ1) is 20.2. The summed E-state index contributed by atoms with van der Waals surface area (Å²) in [5, 5.41) is 5.25. The van der Waals surface area contributed by atoms with Crippen LogP contribution in [0.15, 0.2) is 47.5 Å². The molecule has 8 heteroatoms. The van der Waals surface area contributed by atoms with Crippen LogP contribution in [0.4, 0.5) is 0 Å². The maximum absolute atomic E-state index is 12.7. The number of rotatable bonds is 6. The van der Waals surface area contributed by atoms with Gasteiger partial charge in [-0.05, 0) is 25.1 Å². The Morgan fingerprint density at radius 2 is 1.86 bits per heavy atom. The van der Waals surface area contributed by atoms with Gasteiger partial charge in [0.15, 0.2) is 0 Å². The van der Waals surface area contributed by atoms with E-state index in [2.05, 4.69) is 15.6 Å². The van der Waals surface area contributed by atoms with E-state index in [1.807, 2.05) is 31.2 Å². The largest absolute Gasteiger partial charge is 0.497 e. The van der Waals surface area contributed by atoms with Crippen LogP contribution in [-0.4, -0.2) is 38.6 Å². The Morgan fingerprint density at radius 1 is 1.17 bits per heavy atom. The summed E-state index contributed by atoms with van der Waals surface area (Å²) in [4.78, 5) is 29.4. The first-order valence-electron chi connectivity index (χ1n) is 9.17. The summed E-state index contributed by atoms with van der Waals surface area (Å²) in [6, 6.07) is 11.8. The normalized spacial score (nSPS) is 15.8. The number of hydrogen-bond donors (Lipinski definition) is 2. The highest BCUT2D eigenvalue weighted by molar-refractivity contribution is 6.10. The Labute approximate surface area is 168 Å². The number of guanidine groups is 1. The molecule has 1 aliphatic heterocycles. The summed E-state index contributed by atoms with van der Waals surface area (Å²) in [5.41, 5.74) is 1.11. The second-order valence-electron chi connectivity index (χ2n) is 6.27. The van der Waals surface area contributed by atoms with Gasteiger partial charge in [-0.1, -0.05) is 18.2 Å². The number of methoxy groups -OCH3 is 2. The number of ether oxygens (including phenoxy) is 3. The first-order valence-corrected chi connectivity index (χ1v) is 9.17. The molecule has 8 nitrogen and oxygen atoms in total. The lowest BCUT2D eigenvalue weighted by Crippen LogP contribution is -2.47. The van der Waals surface area contributed by atoms with Crippen LogP contribution in [0.5, 0.6) is 17.2 Å². The molecule has 0 aliphatic carbocycles. The maximum atomic E-state index is 12.7. The van der Waals surface area contributed by atoms with Crippen molar-refractivity contribution in [1.29, 1.82) is 0 Å². The van der Waals surface area contributed by atoms with Gasteiger partial charge < -0.3 is 14.2 Å². The number of hydrogen-bond acceptors (Lipinski definition) is 6. The van der Waals surface area contributed by atoms with Gasteiger partial charge in [0.25, 0.3) is 5.91 Å². The highest BCUT2D eigenvalue weighted by Crippen LogP contribution is 2.31. The number of amides is 2. The molecule has 1 aliphatic rings. The summed E-state index contributed by atoms with van der Waals surface area (Å²) < 4.78 is 16.0. The molecule has 2 aromatic rings. The minimum Gasteiger partial charge on any atom is -0.497 e. The summed E-state index contributed by atoms with van der Waals surface area (Å²) >= 11 is 0. The molecule has 0 saturated heterocycles. The highest BCUT2D eigenvalue weighted by atomic mass is 16.5. The van der Waals surface area contributed by atoms with Crippen LogP contribution in [0.3, 0.4) is 0 Å². The van der Waals surface area contributed by atoms with Gasteiger partial charge in [0.05, 0.1) is 33.3 Å². The van der Waals surface area contributed by atoms with Crippen molar-refractivity contribution in [3.63, 3.8) is 0 Å². The molecule has 1 atom stereocenters. The fourth-order valence-electron chi connectivity index (χ4n) is 3.00. The summed E-state index contributed by atoms with van der Waals surface area (Å²) in [7, 11) is 3.00. The summed E-state index contributed by atoms with van der Waals surface area (Å²) in [5.74, 6) is 1.03. The van der Waals surface area contributed by atoms with Gasteiger partial charge in [0, 0.05) is 17.2 Å². The highest BCUT2D eigenvalue weighted by Gasteiger charge is 2.26. The van der Waals surface area contributed by atoms with Crippen molar-refractivity contribution >= 4 is 17.8 Å². The zero-order chi connectivity index (χ0) is 20.8. The number of aliphatic imine (C=N–C) groups is 1. The second kappa shape index (κ2) is 9.09. The number of carbonyl (C=O) groups excluding carboxylic acids is 2. The number of carbonyl (C=O) groups is 2. The van der Waals surface area contributed by atoms with Crippen LogP contribution >= 0.6 is 0 Å². The van der Waals surface area contributed by atoms with Gasteiger partial charge >= 0.3 is 0 Å². The van der Waals surface area contributed by atoms with Crippen molar-refractivity contribution < 1.29 is 23.8 Å². The number of nitrogens with one attached hydrogen (secondary N) is 2. The Bertz CT molecular complexity index is 919. The molecule has 0 aromatic heterocycles. The Hall–Kier alpha value is -3.55. The van der Waals surface area contributed by atoms with Gasteiger partial charge in [-0.15, -0.1) is 0 Å². The van der Waals surface area contributed by atoms with E-state index in [4.69, 9.17) is 14.2 Å². The van der Waals surface area contributed by atoms with Gasteiger partial charge in [0.2, 0.25) is 11.9 Å². The average Bonchev–Trinajstić information content (AvgIpc) is 2.73. The third-order valence-corrected chi connectivity index (χ3v) is 4.34. The lowest BCUT2D eigenvalue weighted by molar-refractivity contribution is -0.120.